The Balaban J connectivity index is 1.24. The number of nitrogens with one attached hydrogen (secondary N) is 2. The molecule has 0 unspecified atom stereocenters. The summed E-state index contributed by atoms with van der Waals surface area (Å²) >= 11 is 0.978. The highest BCUT2D eigenvalue weighted by molar-refractivity contribution is 7.16. The van der Waals surface area contributed by atoms with Gasteiger partial charge < -0.3 is 24.7 Å². The molecule has 3 aliphatic rings. The number of aromatic nitrogens is 3. The lowest BCUT2D eigenvalue weighted by molar-refractivity contribution is -0.180. The van der Waals surface area contributed by atoms with E-state index in [0.717, 1.165) is 49.2 Å². The Morgan fingerprint density at radius 2 is 1.82 bits per heavy atom. The first kappa shape index (κ1) is 28.5. The maximum atomic E-state index is 14.1. The fourth-order valence-electron chi connectivity index (χ4n) is 5.43. The zero-order valence-corrected chi connectivity index (χ0v) is 24.6. The molecule has 2 aliphatic heterocycles. The third kappa shape index (κ3) is 4.91. The molecule has 4 aromatic rings. The summed E-state index contributed by atoms with van der Waals surface area (Å²) in [4.78, 5) is 24.5. The standard InChI is InChI=1S/C30H28F3N7O3S/c1-29(2,30(31,32)33)27-36-22(26(44-27)40-14-15-42-20-13-12-19(20)40)25-38-39-28(43-25)37-23-24(41)34-18-11-7-6-10-17(18)21(35-23)16-8-4-3-5-9-16/h3-11,19-20,23H,12-15H2,1-2H3,(H,34,41)(H,37,39)/t19-,20+,23-/m1/s1. The lowest BCUT2D eigenvalue weighted by Gasteiger charge is -2.48. The van der Waals surface area contributed by atoms with Gasteiger partial charge in [0.05, 0.1) is 30.2 Å². The molecule has 2 aromatic carbocycles. The maximum absolute atomic E-state index is 14.1. The Labute approximate surface area is 254 Å². The minimum absolute atomic E-state index is 0.0206. The van der Waals surface area contributed by atoms with E-state index in [1.807, 2.05) is 53.4 Å². The summed E-state index contributed by atoms with van der Waals surface area (Å²) in [5.74, 6) is -0.508. The van der Waals surface area contributed by atoms with Crippen LogP contribution in [0.1, 0.15) is 42.8 Å². The number of fused-ring (bicyclic) bond motifs is 2. The molecule has 44 heavy (non-hydrogen) atoms. The second kappa shape index (κ2) is 10.7. The van der Waals surface area contributed by atoms with Crippen LogP contribution >= 0.6 is 11.3 Å². The van der Waals surface area contributed by atoms with E-state index in [9.17, 15) is 18.0 Å². The van der Waals surface area contributed by atoms with E-state index < -0.39 is 23.7 Å². The van der Waals surface area contributed by atoms with Crippen LogP contribution in [-0.4, -0.2) is 64.4 Å². The van der Waals surface area contributed by atoms with Gasteiger partial charge in [-0.2, -0.15) is 13.2 Å². The number of hydrogen-bond acceptors (Lipinski definition) is 10. The molecule has 228 valence electrons. The number of benzene rings is 2. The van der Waals surface area contributed by atoms with E-state index in [0.29, 0.717) is 29.6 Å². The molecular formula is C30H28F3N7O3S. The normalized spacial score (nSPS) is 21.8. The minimum Gasteiger partial charge on any atom is -0.402 e. The Morgan fingerprint density at radius 3 is 2.57 bits per heavy atom. The zero-order valence-electron chi connectivity index (χ0n) is 23.8. The number of morpholine rings is 1. The second-order valence-corrected chi connectivity index (χ2v) is 12.4. The number of aliphatic imine (C=N–C) groups is 1. The van der Waals surface area contributed by atoms with E-state index in [4.69, 9.17) is 14.1 Å². The molecule has 1 amide bonds. The summed E-state index contributed by atoms with van der Waals surface area (Å²) in [6.45, 7) is 3.17. The molecule has 2 aromatic heterocycles. The molecule has 3 atom stereocenters. The van der Waals surface area contributed by atoms with Crippen molar-refractivity contribution in [2.24, 2.45) is 4.99 Å². The van der Waals surface area contributed by atoms with Crippen molar-refractivity contribution in [3.05, 3.63) is 70.7 Å². The molecule has 10 nitrogen and oxygen atoms in total. The molecule has 1 saturated heterocycles. The summed E-state index contributed by atoms with van der Waals surface area (Å²) in [6, 6.07) is 16.7. The predicted molar refractivity (Wildman–Crippen MR) is 159 cm³/mol. The van der Waals surface area contributed by atoms with Crippen molar-refractivity contribution in [1.29, 1.82) is 0 Å². The monoisotopic (exact) mass is 623 g/mol. The lowest BCUT2D eigenvalue weighted by atomic mass is 9.86. The number of amides is 1. The molecule has 0 spiro atoms. The minimum atomic E-state index is -4.52. The number of ether oxygens (including phenoxy) is 1. The molecule has 1 aliphatic carbocycles. The maximum Gasteiger partial charge on any atom is 0.400 e. The highest BCUT2D eigenvalue weighted by Gasteiger charge is 2.52. The molecule has 4 heterocycles. The molecule has 14 heteroatoms. The van der Waals surface area contributed by atoms with Gasteiger partial charge >= 0.3 is 12.2 Å². The number of carbonyl (C=O) groups is 1. The van der Waals surface area contributed by atoms with Crippen LogP contribution in [0.3, 0.4) is 0 Å². The van der Waals surface area contributed by atoms with E-state index in [1.54, 1.807) is 6.07 Å². The van der Waals surface area contributed by atoms with E-state index in [1.165, 1.54) is 0 Å². The van der Waals surface area contributed by atoms with Gasteiger partial charge in [0.1, 0.15) is 15.4 Å². The smallest absolute Gasteiger partial charge is 0.400 e. The number of thiazole rings is 1. The summed E-state index contributed by atoms with van der Waals surface area (Å²) in [7, 11) is 0. The second-order valence-electron chi connectivity index (χ2n) is 11.4. The molecule has 2 fully saturated rings. The number of hydrogen-bond donors (Lipinski definition) is 2. The number of nitrogens with zero attached hydrogens (tertiary/aromatic N) is 5. The largest absolute Gasteiger partial charge is 0.402 e. The third-order valence-electron chi connectivity index (χ3n) is 8.24. The van der Waals surface area contributed by atoms with Crippen LogP contribution in [0.25, 0.3) is 11.6 Å². The molecular weight excluding hydrogens is 595 g/mol. The first-order valence-corrected chi connectivity index (χ1v) is 15.0. The zero-order chi connectivity index (χ0) is 30.6. The van der Waals surface area contributed by atoms with Gasteiger partial charge in [-0.1, -0.05) is 65.0 Å². The van der Waals surface area contributed by atoms with Crippen LogP contribution in [0.5, 0.6) is 0 Å². The number of para-hydroxylation sites is 1. The molecule has 2 N–H and O–H groups in total. The Kier molecular flexibility index (Phi) is 6.92. The summed E-state index contributed by atoms with van der Waals surface area (Å²) in [5, 5.41) is 14.4. The number of halogens is 3. The number of carbonyl (C=O) groups excluding carboxylic acids is 1. The van der Waals surface area contributed by atoms with Crippen LogP contribution < -0.4 is 15.5 Å². The summed E-state index contributed by atoms with van der Waals surface area (Å²) in [6.07, 6.45) is -3.90. The number of benzodiazepines with no additional fused rings is 1. The van der Waals surface area contributed by atoms with Crippen molar-refractivity contribution in [3.8, 4) is 11.6 Å². The fourth-order valence-corrected chi connectivity index (χ4v) is 6.70. The van der Waals surface area contributed by atoms with Crippen LogP contribution in [-0.2, 0) is 14.9 Å². The number of alkyl halides is 3. The summed E-state index contributed by atoms with van der Waals surface area (Å²) < 4.78 is 53.9. The molecule has 7 rings (SSSR count). The molecule has 1 saturated carbocycles. The van der Waals surface area contributed by atoms with Crippen molar-refractivity contribution >= 4 is 39.7 Å². The van der Waals surface area contributed by atoms with Gasteiger partial charge in [-0.05, 0) is 32.8 Å². The Bertz CT molecular complexity index is 1740. The van der Waals surface area contributed by atoms with Crippen molar-refractivity contribution in [3.63, 3.8) is 0 Å². The van der Waals surface area contributed by atoms with Crippen molar-refractivity contribution in [2.45, 2.75) is 56.6 Å². The van der Waals surface area contributed by atoms with Gasteiger partial charge in [-0.15, -0.1) is 5.10 Å². The Morgan fingerprint density at radius 1 is 1.05 bits per heavy atom. The van der Waals surface area contributed by atoms with Gasteiger partial charge in [0.15, 0.2) is 5.69 Å². The van der Waals surface area contributed by atoms with Gasteiger partial charge in [0.2, 0.25) is 6.17 Å². The average molecular weight is 624 g/mol. The van der Waals surface area contributed by atoms with Crippen LogP contribution in [0.4, 0.5) is 29.9 Å². The van der Waals surface area contributed by atoms with Crippen LogP contribution in [0.15, 0.2) is 64.0 Å². The molecule has 0 radical (unpaired) electrons. The molecule has 0 bridgehead atoms. The number of anilines is 3. The average Bonchev–Trinajstić information content (AvgIpc) is 3.61. The first-order chi connectivity index (χ1) is 21.1. The van der Waals surface area contributed by atoms with E-state index >= 15 is 0 Å². The van der Waals surface area contributed by atoms with Crippen molar-refractivity contribution < 1.29 is 27.1 Å². The topological polar surface area (TPSA) is 118 Å². The third-order valence-corrected chi connectivity index (χ3v) is 9.65. The van der Waals surface area contributed by atoms with Gasteiger partial charge in [0, 0.05) is 17.7 Å². The summed E-state index contributed by atoms with van der Waals surface area (Å²) in [5.41, 5.74) is 0.701. The van der Waals surface area contributed by atoms with Crippen molar-refractivity contribution in [2.75, 3.05) is 28.7 Å². The Hall–Kier alpha value is -4.30. The van der Waals surface area contributed by atoms with Gasteiger partial charge in [0.25, 0.3) is 11.8 Å². The van der Waals surface area contributed by atoms with Crippen LogP contribution in [0, 0.1) is 0 Å². The van der Waals surface area contributed by atoms with Gasteiger partial charge in [-0.3, -0.25) is 4.79 Å². The van der Waals surface area contributed by atoms with E-state index in [2.05, 4.69) is 25.8 Å². The lowest BCUT2D eigenvalue weighted by Crippen LogP contribution is -2.57. The first-order valence-electron chi connectivity index (χ1n) is 14.2. The highest BCUT2D eigenvalue weighted by atomic mass is 32.1. The van der Waals surface area contributed by atoms with E-state index in [-0.39, 0.29) is 34.8 Å². The quantitative estimate of drug-likeness (QED) is 0.284. The van der Waals surface area contributed by atoms with Crippen molar-refractivity contribution in [1.82, 2.24) is 15.2 Å². The SMILES string of the molecule is CC(C)(c1nc(-c2nnc(N[C@H]3N=C(c4ccccc4)c4ccccc4NC3=O)o2)c(N2CCO[C@H]3CC[C@H]32)s1)C(F)(F)F. The number of rotatable bonds is 6. The predicted octanol–water partition coefficient (Wildman–Crippen LogP) is 5.63. The fraction of sp³-hybridized carbons (Fsp3) is 0.367. The van der Waals surface area contributed by atoms with Crippen LogP contribution in [0.2, 0.25) is 0 Å². The van der Waals surface area contributed by atoms with Gasteiger partial charge in [-0.25, -0.2) is 9.98 Å². The highest BCUT2D eigenvalue weighted by Crippen LogP contribution is 2.48.